The van der Waals surface area contributed by atoms with E-state index in [2.05, 4.69) is 28.7 Å². The van der Waals surface area contributed by atoms with Gasteiger partial charge in [0, 0.05) is 8.59 Å². The van der Waals surface area contributed by atoms with Gasteiger partial charge in [0.1, 0.15) is 6.07 Å². The van der Waals surface area contributed by atoms with Gasteiger partial charge in [0.05, 0.1) is 5.56 Å². The quantitative estimate of drug-likeness (QED) is 0.660. The van der Waals surface area contributed by atoms with Crippen LogP contribution < -0.4 is 0 Å². The lowest BCUT2D eigenvalue weighted by Gasteiger charge is -1.93. The minimum atomic E-state index is 0.670. The first-order valence-electron chi connectivity index (χ1n) is 2.59. The highest BCUT2D eigenvalue weighted by Crippen LogP contribution is 2.16. The Balaban J connectivity index is 3.23. The maximum absolute atomic E-state index is 8.51. The number of hydrogen-bond donors (Lipinski definition) is 0. The van der Waals surface area contributed by atoms with Gasteiger partial charge in [0.25, 0.3) is 0 Å². The van der Waals surface area contributed by atoms with Gasteiger partial charge in [0.2, 0.25) is 0 Å². The lowest BCUT2D eigenvalue weighted by Crippen LogP contribution is -1.78. The van der Waals surface area contributed by atoms with Crippen molar-refractivity contribution in [2.45, 2.75) is 0 Å². The smallest absolute Gasteiger partial charge is 0.100 e. The zero-order valence-corrected chi connectivity index (χ0v) is 7.85. The topological polar surface area (TPSA) is 23.8 Å². The van der Waals surface area contributed by atoms with Crippen molar-refractivity contribution in [3.05, 3.63) is 32.4 Å². The van der Waals surface area contributed by atoms with Crippen LogP contribution >= 0.6 is 34.2 Å². The second-order valence-electron chi connectivity index (χ2n) is 1.74. The van der Waals surface area contributed by atoms with Crippen molar-refractivity contribution in [3.8, 4) is 6.07 Å². The van der Waals surface area contributed by atoms with Gasteiger partial charge < -0.3 is 0 Å². The van der Waals surface area contributed by atoms with Gasteiger partial charge in [-0.1, -0.05) is 11.6 Å². The standard InChI is InChI=1S/C7H3ClIN/c8-6-2-1-5(4-10)7(9)3-6/h1-3H. The van der Waals surface area contributed by atoms with E-state index in [9.17, 15) is 0 Å². The first kappa shape index (κ1) is 7.83. The van der Waals surface area contributed by atoms with Gasteiger partial charge in [-0.2, -0.15) is 5.26 Å². The van der Waals surface area contributed by atoms with Crippen molar-refractivity contribution in [2.75, 3.05) is 0 Å². The lowest BCUT2D eigenvalue weighted by molar-refractivity contribution is 1.46. The summed E-state index contributed by atoms with van der Waals surface area (Å²) >= 11 is 7.74. The molecule has 0 aliphatic rings. The molecule has 0 N–H and O–H groups in total. The van der Waals surface area contributed by atoms with E-state index in [1.807, 2.05) is 0 Å². The van der Waals surface area contributed by atoms with Crippen LogP contribution in [0.25, 0.3) is 0 Å². The van der Waals surface area contributed by atoms with E-state index >= 15 is 0 Å². The summed E-state index contributed by atoms with van der Waals surface area (Å²) in [6.07, 6.45) is 0. The van der Waals surface area contributed by atoms with Crippen molar-refractivity contribution < 1.29 is 0 Å². The van der Waals surface area contributed by atoms with Crippen LogP contribution in [0.4, 0.5) is 0 Å². The Labute approximate surface area is 77.8 Å². The molecule has 3 heteroatoms. The minimum Gasteiger partial charge on any atom is -0.192 e. The summed E-state index contributed by atoms with van der Waals surface area (Å²) in [7, 11) is 0. The maximum atomic E-state index is 8.51. The average molecular weight is 263 g/mol. The van der Waals surface area contributed by atoms with E-state index < -0.39 is 0 Å². The largest absolute Gasteiger partial charge is 0.192 e. The second kappa shape index (κ2) is 3.22. The van der Waals surface area contributed by atoms with E-state index in [4.69, 9.17) is 16.9 Å². The number of nitriles is 1. The van der Waals surface area contributed by atoms with E-state index in [1.165, 1.54) is 0 Å². The van der Waals surface area contributed by atoms with Crippen LogP contribution in [0.5, 0.6) is 0 Å². The molecule has 1 aromatic carbocycles. The summed E-state index contributed by atoms with van der Waals surface area (Å²) in [4.78, 5) is 0. The van der Waals surface area contributed by atoms with Crippen LogP contribution in [-0.2, 0) is 0 Å². The Morgan fingerprint density at radius 3 is 2.70 bits per heavy atom. The minimum absolute atomic E-state index is 0.670. The van der Waals surface area contributed by atoms with E-state index in [0.717, 1.165) is 3.57 Å². The normalized spacial score (nSPS) is 8.90. The lowest BCUT2D eigenvalue weighted by atomic mass is 10.2. The molecule has 0 fully saturated rings. The summed E-state index contributed by atoms with van der Waals surface area (Å²) in [5.74, 6) is 0. The van der Waals surface area contributed by atoms with Crippen molar-refractivity contribution in [1.82, 2.24) is 0 Å². The van der Waals surface area contributed by atoms with Crippen molar-refractivity contribution >= 4 is 34.2 Å². The van der Waals surface area contributed by atoms with Crippen LogP contribution in [0.15, 0.2) is 18.2 Å². The molecule has 0 spiro atoms. The van der Waals surface area contributed by atoms with Crippen LogP contribution in [0.1, 0.15) is 5.56 Å². The third-order valence-electron chi connectivity index (χ3n) is 1.05. The zero-order valence-electron chi connectivity index (χ0n) is 4.94. The molecule has 1 aromatic rings. The fourth-order valence-corrected chi connectivity index (χ4v) is 1.57. The summed E-state index contributed by atoms with van der Waals surface area (Å²) in [6.45, 7) is 0. The van der Waals surface area contributed by atoms with Gasteiger partial charge in [-0.3, -0.25) is 0 Å². The molecule has 0 heterocycles. The number of nitrogens with zero attached hydrogens (tertiary/aromatic N) is 1. The summed E-state index contributed by atoms with van der Waals surface area (Å²) in [6, 6.07) is 7.24. The molecule has 0 unspecified atom stereocenters. The van der Waals surface area contributed by atoms with E-state index in [1.54, 1.807) is 18.2 Å². The Morgan fingerprint density at radius 2 is 2.20 bits per heavy atom. The molecule has 0 saturated carbocycles. The molecule has 0 atom stereocenters. The van der Waals surface area contributed by atoms with Crippen molar-refractivity contribution in [2.24, 2.45) is 0 Å². The highest BCUT2D eigenvalue weighted by molar-refractivity contribution is 14.1. The zero-order chi connectivity index (χ0) is 7.56. The fourth-order valence-electron chi connectivity index (χ4n) is 0.580. The van der Waals surface area contributed by atoms with Gasteiger partial charge >= 0.3 is 0 Å². The Kier molecular flexibility index (Phi) is 2.52. The predicted octanol–water partition coefficient (Wildman–Crippen LogP) is 2.82. The molecule has 0 bridgehead atoms. The highest BCUT2D eigenvalue weighted by Gasteiger charge is 1.96. The summed E-state index contributed by atoms with van der Waals surface area (Å²) in [5, 5.41) is 9.18. The van der Waals surface area contributed by atoms with Gasteiger partial charge in [-0.25, -0.2) is 0 Å². The first-order chi connectivity index (χ1) is 4.74. The molecule has 0 radical (unpaired) electrons. The van der Waals surface area contributed by atoms with Crippen molar-refractivity contribution in [1.29, 1.82) is 5.26 Å². The van der Waals surface area contributed by atoms with Crippen LogP contribution in [0, 0.1) is 14.9 Å². The molecule has 0 saturated heterocycles. The first-order valence-corrected chi connectivity index (χ1v) is 4.05. The SMILES string of the molecule is N#Cc1ccc(Cl)cc1I. The number of halogens is 2. The predicted molar refractivity (Wildman–Crippen MR) is 48.9 cm³/mol. The maximum Gasteiger partial charge on any atom is 0.100 e. The Hall–Kier alpha value is -0.270. The molecule has 0 aromatic heterocycles. The van der Waals surface area contributed by atoms with Crippen LogP contribution in [-0.4, -0.2) is 0 Å². The van der Waals surface area contributed by atoms with Crippen LogP contribution in [0.3, 0.4) is 0 Å². The molecule has 10 heavy (non-hydrogen) atoms. The number of benzene rings is 1. The Morgan fingerprint density at radius 1 is 1.50 bits per heavy atom. The van der Waals surface area contributed by atoms with Crippen molar-refractivity contribution in [3.63, 3.8) is 0 Å². The van der Waals surface area contributed by atoms with Gasteiger partial charge in [-0.05, 0) is 40.8 Å². The molecule has 1 nitrogen and oxygen atoms in total. The molecular formula is C7H3ClIN. The fraction of sp³-hybridized carbons (Fsp3) is 0. The van der Waals surface area contributed by atoms with E-state index in [0.29, 0.717) is 10.6 Å². The molecular weight excluding hydrogens is 260 g/mol. The second-order valence-corrected chi connectivity index (χ2v) is 3.33. The molecule has 0 amide bonds. The monoisotopic (exact) mass is 263 g/mol. The van der Waals surface area contributed by atoms with Gasteiger partial charge in [0.15, 0.2) is 0 Å². The third-order valence-corrected chi connectivity index (χ3v) is 2.18. The average Bonchev–Trinajstić information content (AvgIpc) is 1.88. The van der Waals surface area contributed by atoms with E-state index in [-0.39, 0.29) is 0 Å². The van der Waals surface area contributed by atoms with Gasteiger partial charge in [-0.15, -0.1) is 0 Å². The third kappa shape index (κ3) is 1.61. The molecule has 0 aliphatic carbocycles. The molecule has 50 valence electrons. The highest BCUT2D eigenvalue weighted by atomic mass is 127. The Bertz CT molecular complexity index is 290. The summed E-state index contributed by atoms with van der Waals surface area (Å²) in [5.41, 5.74) is 0.671. The number of rotatable bonds is 0. The molecule has 1 rings (SSSR count). The molecule has 0 aliphatic heterocycles. The number of hydrogen-bond acceptors (Lipinski definition) is 1. The summed E-state index contributed by atoms with van der Waals surface area (Å²) < 4.78 is 0.896. The van der Waals surface area contributed by atoms with Crippen LogP contribution in [0.2, 0.25) is 5.02 Å².